The van der Waals surface area contributed by atoms with Crippen molar-refractivity contribution in [1.29, 1.82) is 0 Å². The molecule has 2 fully saturated rings. The molecule has 0 saturated heterocycles. The van der Waals surface area contributed by atoms with Crippen molar-refractivity contribution < 1.29 is 19.4 Å². The van der Waals surface area contributed by atoms with Crippen LogP contribution in [0.1, 0.15) is 75.2 Å². The van der Waals surface area contributed by atoms with E-state index in [4.69, 9.17) is 4.74 Å². The number of methoxy groups -OCH3 is 1. The van der Waals surface area contributed by atoms with E-state index >= 15 is 0 Å². The van der Waals surface area contributed by atoms with Crippen LogP contribution in [0.25, 0.3) is 0 Å². The number of fused-ring (bicyclic) bond motifs is 1. The molecule has 2 aromatic rings. The molecule has 3 N–H and O–H groups in total. The van der Waals surface area contributed by atoms with Crippen molar-refractivity contribution in [3.05, 3.63) is 59.9 Å². The number of rotatable bonds is 8. The largest absolute Gasteiger partial charge is 0.497 e. The van der Waals surface area contributed by atoms with Crippen LogP contribution in [0.2, 0.25) is 0 Å². The first-order chi connectivity index (χ1) is 17.0. The topological polar surface area (TPSA) is 101 Å². The summed E-state index contributed by atoms with van der Waals surface area (Å²) in [7, 11) is 1.63. The molecule has 1 aromatic carbocycles. The van der Waals surface area contributed by atoms with E-state index in [2.05, 4.69) is 29.5 Å². The third-order valence-electron chi connectivity index (χ3n) is 8.53. The smallest absolute Gasteiger partial charge is 0.253 e. The molecule has 7 heteroatoms. The van der Waals surface area contributed by atoms with E-state index in [-0.39, 0.29) is 34.6 Å². The number of pyridine rings is 1. The van der Waals surface area contributed by atoms with Crippen LogP contribution in [-0.2, 0) is 11.3 Å². The molecular formula is C29H39N3O4. The standard InChI is InChI=1S/C29H39N3O4/c1-27(2)17-24(32-26(34)21-6-5-15-30-19-21)29(14-13-28(3,35)16-23(27)29)12-11-25(33)31-18-20-7-9-22(36-4)10-8-20/h5-10,15,19,23-24,35H,11-14,16-18H2,1-4H3,(H,31,33)(H,32,34). The zero-order valence-corrected chi connectivity index (χ0v) is 21.8. The minimum absolute atomic E-state index is 0.00156. The van der Waals surface area contributed by atoms with Gasteiger partial charge in [0, 0.05) is 31.4 Å². The van der Waals surface area contributed by atoms with Gasteiger partial charge in [-0.2, -0.15) is 0 Å². The van der Waals surface area contributed by atoms with Crippen molar-refractivity contribution in [2.75, 3.05) is 7.11 Å². The Bertz CT molecular complexity index is 1070. The van der Waals surface area contributed by atoms with Gasteiger partial charge in [0.1, 0.15) is 5.75 Å². The average molecular weight is 494 g/mol. The highest BCUT2D eigenvalue weighted by Crippen LogP contribution is 2.63. The summed E-state index contributed by atoms with van der Waals surface area (Å²) in [5.74, 6) is 0.845. The van der Waals surface area contributed by atoms with Gasteiger partial charge in [-0.05, 0) is 85.6 Å². The summed E-state index contributed by atoms with van der Waals surface area (Å²) in [5, 5.41) is 17.3. The predicted molar refractivity (Wildman–Crippen MR) is 138 cm³/mol. The van der Waals surface area contributed by atoms with Crippen LogP contribution in [0, 0.1) is 16.7 Å². The Balaban J connectivity index is 1.49. The molecule has 4 unspecified atom stereocenters. The lowest BCUT2D eigenvalue weighted by atomic mass is 9.57. The number of nitrogens with zero attached hydrogens (tertiary/aromatic N) is 1. The zero-order valence-electron chi connectivity index (χ0n) is 21.8. The molecule has 4 rings (SSSR count). The number of aliphatic hydroxyl groups is 1. The van der Waals surface area contributed by atoms with Gasteiger partial charge in [-0.15, -0.1) is 0 Å². The second-order valence-electron chi connectivity index (χ2n) is 11.6. The second kappa shape index (κ2) is 10.2. The van der Waals surface area contributed by atoms with Gasteiger partial charge in [-0.25, -0.2) is 0 Å². The van der Waals surface area contributed by atoms with Gasteiger partial charge >= 0.3 is 0 Å². The molecule has 2 amide bonds. The molecule has 0 aliphatic heterocycles. The minimum atomic E-state index is -0.732. The maximum atomic E-state index is 13.1. The molecule has 1 aromatic heterocycles. The van der Waals surface area contributed by atoms with Crippen LogP contribution in [-0.4, -0.2) is 40.7 Å². The molecule has 0 radical (unpaired) electrons. The van der Waals surface area contributed by atoms with E-state index < -0.39 is 5.60 Å². The van der Waals surface area contributed by atoms with Crippen molar-refractivity contribution in [3.63, 3.8) is 0 Å². The molecule has 2 saturated carbocycles. The molecule has 0 bridgehead atoms. The highest BCUT2D eigenvalue weighted by Gasteiger charge is 2.61. The van der Waals surface area contributed by atoms with Crippen molar-refractivity contribution in [3.8, 4) is 5.75 Å². The van der Waals surface area contributed by atoms with Crippen LogP contribution in [0.5, 0.6) is 5.75 Å². The number of amides is 2. The highest BCUT2D eigenvalue weighted by atomic mass is 16.5. The summed E-state index contributed by atoms with van der Waals surface area (Å²) in [6, 6.07) is 11.1. The Hall–Kier alpha value is -2.93. The first-order valence-electron chi connectivity index (χ1n) is 12.9. The van der Waals surface area contributed by atoms with E-state index in [1.807, 2.05) is 31.2 Å². The maximum absolute atomic E-state index is 13.1. The van der Waals surface area contributed by atoms with Crippen LogP contribution < -0.4 is 15.4 Å². The Labute approximate surface area is 214 Å². The molecule has 1 heterocycles. The van der Waals surface area contributed by atoms with Crippen LogP contribution in [0.4, 0.5) is 0 Å². The number of hydrogen-bond donors (Lipinski definition) is 3. The number of carbonyl (C=O) groups excluding carboxylic acids is 2. The van der Waals surface area contributed by atoms with E-state index in [0.29, 0.717) is 37.8 Å². The first-order valence-corrected chi connectivity index (χ1v) is 12.9. The molecule has 0 spiro atoms. The fraction of sp³-hybridized carbons (Fsp3) is 0.552. The lowest BCUT2D eigenvalue weighted by Gasteiger charge is -2.50. The molecule has 7 nitrogen and oxygen atoms in total. The van der Waals surface area contributed by atoms with E-state index in [1.165, 1.54) is 0 Å². The Morgan fingerprint density at radius 1 is 1.11 bits per heavy atom. The van der Waals surface area contributed by atoms with Gasteiger partial charge in [0.25, 0.3) is 5.91 Å². The second-order valence-corrected chi connectivity index (χ2v) is 11.6. The van der Waals surface area contributed by atoms with Gasteiger partial charge in [0.05, 0.1) is 18.3 Å². The summed E-state index contributed by atoms with van der Waals surface area (Å²) < 4.78 is 5.20. The molecule has 4 atom stereocenters. The van der Waals surface area contributed by atoms with Crippen molar-refractivity contribution >= 4 is 11.8 Å². The summed E-state index contributed by atoms with van der Waals surface area (Å²) in [5.41, 5.74) is 0.494. The van der Waals surface area contributed by atoms with Crippen LogP contribution in [0.15, 0.2) is 48.8 Å². The van der Waals surface area contributed by atoms with Crippen molar-refractivity contribution in [2.45, 2.75) is 77.5 Å². The zero-order chi connectivity index (χ0) is 26.0. The fourth-order valence-electron chi connectivity index (χ4n) is 6.55. The number of carbonyl (C=O) groups is 2. The van der Waals surface area contributed by atoms with Crippen molar-refractivity contribution in [1.82, 2.24) is 15.6 Å². The van der Waals surface area contributed by atoms with Gasteiger partial charge in [0.15, 0.2) is 0 Å². The SMILES string of the molecule is COc1ccc(CNC(=O)CCC23CCC(C)(O)CC2C(C)(C)CC3NC(=O)c2cccnc2)cc1. The van der Waals surface area contributed by atoms with Gasteiger partial charge < -0.3 is 20.5 Å². The first kappa shape index (κ1) is 26.1. The number of aromatic nitrogens is 1. The third kappa shape index (κ3) is 5.56. The quantitative estimate of drug-likeness (QED) is 0.510. The van der Waals surface area contributed by atoms with Gasteiger partial charge in [0.2, 0.25) is 5.91 Å². The van der Waals surface area contributed by atoms with Gasteiger partial charge in [-0.3, -0.25) is 14.6 Å². The van der Waals surface area contributed by atoms with E-state index in [1.54, 1.807) is 31.6 Å². The number of hydrogen-bond acceptors (Lipinski definition) is 5. The highest BCUT2D eigenvalue weighted by molar-refractivity contribution is 5.94. The Morgan fingerprint density at radius 2 is 1.86 bits per heavy atom. The molecule has 2 aliphatic carbocycles. The maximum Gasteiger partial charge on any atom is 0.253 e. The summed E-state index contributed by atoms with van der Waals surface area (Å²) in [6.45, 7) is 6.83. The summed E-state index contributed by atoms with van der Waals surface area (Å²) in [4.78, 5) is 30.1. The normalized spacial score (nSPS) is 28.7. The average Bonchev–Trinajstić information content (AvgIpc) is 3.07. The van der Waals surface area contributed by atoms with Crippen LogP contribution >= 0.6 is 0 Å². The number of benzene rings is 1. The lowest BCUT2D eigenvalue weighted by Crippen LogP contribution is -2.52. The fourth-order valence-corrected chi connectivity index (χ4v) is 6.55. The summed E-state index contributed by atoms with van der Waals surface area (Å²) >= 11 is 0. The minimum Gasteiger partial charge on any atom is -0.497 e. The molecule has 194 valence electrons. The van der Waals surface area contributed by atoms with Gasteiger partial charge in [-0.1, -0.05) is 26.0 Å². The predicted octanol–water partition coefficient (Wildman–Crippen LogP) is 4.25. The lowest BCUT2D eigenvalue weighted by molar-refractivity contribution is -0.123. The Morgan fingerprint density at radius 3 is 2.53 bits per heavy atom. The molecule has 36 heavy (non-hydrogen) atoms. The number of ether oxygens (including phenoxy) is 1. The monoisotopic (exact) mass is 493 g/mol. The Kier molecular flexibility index (Phi) is 7.41. The van der Waals surface area contributed by atoms with Crippen molar-refractivity contribution in [2.24, 2.45) is 16.7 Å². The van der Waals surface area contributed by atoms with Crippen LogP contribution in [0.3, 0.4) is 0 Å². The molecule has 2 aliphatic rings. The van der Waals surface area contributed by atoms with E-state index in [9.17, 15) is 14.7 Å². The summed E-state index contributed by atoms with van der Waals surface area (Å²) in [6.07, 6.45) is 7.20. The van der Waals surface area contributed by atoms with E-state index in [0.717, 1.165) is 24.2 Å². The number of nitrogens with one attached hydrogen (secondary N) is 2. The molecular weight excluding hydrogens is 454 g/mol. The third-order valence-corrected chi connectivity index (χ3v) is 8.53.